The fourth-order valence-electron chi connectivity index (χ4n) is 4.23. The highest BCUT2D eigenvalue weighted by Crippen LogP contribution is 2.40. The van der Waals surface area contributed by atoms with Crippen LogP contribution in [0, 0.1) is 5.82 Å². The van der Waals surface area contributed by atoms with Gasteiger partial charge in [-0.1, -0.05) is 64.1 Å². The summed E-state index contributed by atoms with van der Waals surface area (Å²) in [7, 11) is 1.84. The summed E-state index contributed by atoms with van der Waals surface area (Å²) in [5, 5.41) is 22.3. The quantitative estimate of drug-likeness (QED) is 0.158. The molecule has 0 aliphatic heterocycles. The van der Waals surface area contributed by atoms with Gasteiger partial charge in [-0.25, -0.2) is 9.18 Å². The number of carboxylic acids is 2. The minimum absolute atomic E-state index is 0.154. The van der Waals surface area contributed by atoms with E-state index in [4.69, 9.17) is 14.3 Å². The molecule has 0 bridgehead atoms. The highest BCUT2D eigenvalue weighted by Gasteiger charge is 2.20. The molecule has 0 aliphatic rings. The molecule has 0 unspecified atom stereocenters. The predicted octanol–water partition coefficient (Wildman–Crippen LogP) is 7.47. The lowest BCUT2D eigenvalue weighted by atomic mass is 9.92. The van der Waals surface area contributed by atoms with Crippen molar-refractivity contribution < 1.29 is 28.6 Å². The molecule has 0 spiro atoms. The lowest BCUT2D eigenvalue weighted by Gasteiger charge is -2.15. The number of hydrogen-bond donors (Lipinski definition) is 3. The van der Waals surface area contributed by atoms with Crippen LogP contribution in [0.1, 0.15) is 50.5 Å². The molecule has 3 N–H and O–H groups in total. The van der Waals surface area contributed by atoms with Crippen molar-refractivity contribution in [3.8, 4) is 11.1 Å². The first-order chi connectivity index (χ1) is 19.2. The summed E-state index contributed by atoms with van der Waals surface area (Å²) < 4.78 is 20.8. The molecular formula is C32H34FNO6. The largest absolute Gasteiger partial charge is 0.481 e. The Bertz CT molecular complexity index is 1700. The lowest BCUT2D eigenvalue weighted by Crippen LogP contribution is -2.05. The normalized spacial score (nSPS) is 10.1. The number of fused-ring (bicyclic) bond motifs is 4. The van der Waals surface area contributed by atoms with Gasteiger partial charge in [-0.3, -0.25) is 9.59 Å². The van der Waals surface area contributed by atoms with Crippen molar-refractivity contribution in [2.24, 2.45) is 0 Å². The summed E-state index contributed by atoms with van der Waals surface area (Å²) in [6, 6.07) is 18.5. The van der Waals surface area contributed by atoms with E-state index in [0.717, 1.165) is 17.9 Å². The molecule has 1 aromatic heterocycles. The zero-order valence-electron chi connectivity index (χ0n) is 23.5. The summed E-state index contributed by atoms with van der Waals surface area (Å²) >= 11 is 0. The topological polar surface area (TPSA) is 117 Å². The van der Waals surface area contributed by atoms with Gasteiger partial charge in [0.1, 0.15) is 11.2 Å². The van der Waals surface area contributed by atoms with Crippen LogP contribution in [0.4, 0.5) is 4.39 Å². The van der Waals surface area contributed by atoms with Crippen molar-refractivity contribution in [1.29, 1.82) is 0 Å². The number of nitrogens with one attached hydrogen (secondary N) is 1. The van der Waals surface area contributed by atoms with Gasteiger partial charge in [-0.15, -0.1) is 0 Å². The van der Waals surface area contributed by atoms with Crippen LogP contribution < -0.4 is 10.7 Å². The third-order valence-corrected chi connectivity index (χ3v) is 5.65. The Morgan fingerprint density at radius 2 is 1.43 bits per heavy atom. The number of aromatic carboxylic acids is 1. The van der Waals surface area contributed by atoms with E-state index < -0.39 is 23.2 Å². The number of carboxylic acid groups (broad SMARTS) is 2. The first-order valence-electron chi connectivity index (χ1n) is 13.0. The van der Waals surface area contributed by atoms with E-state index in [-0.39, 0.29) is 10.9 Å². The molecule has 210 valence electrons. The SMILES string of the molecule is CC.CC.CC(=O)O.CNCc1ccc2c(-c3ccccc3C(=O)O)c3ccc4c(F)c(=O)ccc4c3oc2c1. The van der Waals surface area contributed by atoms with Crippen LogP contribution in [0.25, 0.3) is 43.8 Å². The van der Waals surface area contributed by atoms with Gasteiger partial charge in [0, 0.05) is 40.6 Å². The maximum Gasteiger partial charge on any atom is 0.336 e. The Labute approximate surface area is 231 Å². The van der Waals surface area contributed by atoms with Crippen molar-refractivity contribution in [2.75, 3.05) is 7.05 Å². The molecule has 0 saturated carbocycles. The number of aliphatic carboxylic acids is 1. The second-order valence-corrected chi connectivity index (χ2v) is 8.12. The Balaban J connectivity index is 0.000000634. The second kappa shape index (κ2) is 14.6. The van der Waals surface area contributed by atoms with Crippen LogP contribution in [0.3, 0.4) is 0 Å². The number of rotatable bonds is 4. The lowest BCUT2D eigenvalue weighted by molar-refractivity contribution is -0.134. The summed E-state index contributed by atoms with van der Waals surface area (Å²) in [6.07, 6.45) is 0. The molecule has 8 heteroatoms. The number of hydrogen-bond acceptors (Lipinski definition) is 5. The standard InChI is InChI=1S/C26H18FNO4.C2H4O2.2C2H6/c1-28-13-14-6-7-19-22(12-14)32-25-17-10-11-21(29)24(27)16(17)8-9-20(25)23(19)15-4-2-3-5-18(15)26(30)31;1-2(3)4;2*1-2/h2-12,28H,13H2,1H3,(H,30,31);1H3,(H,3,4);2*1-2H3. The van der Waals surface area contributed by atoms with Crippen LogP contribution in [0.15, 0.2) is 75.9 Å². The minimum Gasteiger partial charge on any atom is -0.481 e. The van der Waals surface area contributed by atoms with Gasteiger partial charge in [-0.05, 0) is 48.5 Å². The van der Waals surface area contributed by atoms with Crippen LogP contribution in [-0.4, -0.2) is 29.2 Å². The molecule has 1 heterocycles. The number of halogens is 1. The average molecular weight is 548 g/mol. The van der Waals surface area contributed by atoms with Gasteiger partial charge < -0.3 is 19.9 Å². The van der Waals surface area contributed by atoms with E-state index in [1.165, 1.54) is 12.1 Å². The first-order valence-corrected chi connectivity index (χ1v) is 13.0. The van der Waals surface area contributed by atoms with Gasteiger partial charge in [0.15, 0.2) is 5.82 Å². The average Bonchev–Trinajstić information content (AvgIpc) is 2.95. The van der Waals surface area contributed by atoms with E-state index >= 15 is 0 Å². The van der Waals surface area contributed by atoms with Crippen LogP contribution in [0.2, 0.25) is 0 Å². The molecule has 0 atom stereocenters. The Hall–Kier alpha value is -4.56. The van der Waals surface area contributed by atoms with Crippen LogP contribution in [-0.2, 0) is 11.3 Å². The van der Waals surface area contributed by atoms with E-state index in [2.05, 4.69) is 5.32 Å². The van der Waals surface area contributed by atoms with Gasteiger partial charge in [-0.2, -0.15) is 0 Å². The summed E-state index contributed by atoms with van der Waals surface area (Å²) in [6.45, 7) is 9.70. The van der Waals surface area contributed by atoms with Gasteiger partial charge >= 0.3 is 5.97 Å². The third-order valence-electron chi connectivity index (χ3n) is 5.65. The van der Waals surface area contributed by atoms with Crippen molar-refractivity contribution in [3.63, 3.8) is 0 Å². The van der Waals surface area contributed by atoms with E-state index in [1.54, 1.807) is 36.4 Å². The molecule has 5 rings (SSSR count). The molecule has 0 amide bonds. The van der Waals surface area contributed by atoms with Gasteiger partial charge in [0.25, 0.3) is 5.97 Å². The first kappa shape index (κ1) is 31.7. The maximum absolute atomic E-state index is 14.6. The van der Waals surface area contributed by atoms with Gasteiger partial charge in [0.05, 0.1) is 5.56 Å². The van der Waals surface area contributed by atoms with Crippen molar-refractivity contribution in [2.45, 2.75) is 41.2 Å². The smallest absolute Gasteiger partial charge is 0.336 e. The van der Waals surface area contributed by atoms with E-state index in [1.807, 2.05) is 52.9 Å². The van der Waals surface area contributed by atoms with Crippen LogP contribution in [0.5, 0.6) is 0 Å². The van der Waals surface area contributed by atoms with Crippen molar-refractivity contribution in [1.82, 2.24) is 5.32 Å². The van der Waals surface area contributed by atoms with Crippen molar-refractivity contribution in [3.05, 3.63) is 93.9 Å². The second-order valence-electron chi connectivity index (χ2n) is 8.12. The summed E-state index contributed by atoms with van der Waals surface area (Å²) in [5.74, 6) is -2.71. The Kier molecular flexibility index (Phi) is 11.5. The Morgan fingerprint density at radius 3 is 2.05 bits per heavy atom. The van der Waals surface area contributed by atoms with Gasteiger partial charge in [0.2, 0.25) is 5.43 Å². The van der Waals surface area contributed by atoms with Crippen LogP contribution >= 0.6 is 0 Å². The fourth-order valence-corrected chi connectivity index (χ4v) is 4.23. The number of benzene rings is 4. The summed E-state index contributed by atoms with van der Waals surface area (Å²) in [4.78, 5) is 32.8. The molecule has 0 aliphatic carbocycles. The summed E-state index contributed by atoms with van der Waals surface area (Å²) in [5.41, 5.74) is 2.60. The highest BCUT2D eigenvalue weighted by molar-refractivity contribution is 6.17. The molecule has 0 radical (unpaired) electrons. The Morgan fingerprint density at radius 1 is 0.850 bits per heavy atom. The molecule has 4 aromatic carbocycles. The highest BCUT2D eigenvalue weighted by atomic mass is 19.1. The zero-order chi connectivity index (χ0) is 30.0. The minimum atomic E-state index is -1.04. The monoisotopic (exact) mass is 547 g/mol. The molecule has 5 aromatic rings. The molecule has 0 fully saturated rings. The predicted molar refractivity (Wildman–Crippen MR) is 159 cm³/mol. The number of carbonyl (C=O) groups is 2. The van der Waals surface area contributed by atoms with E-state index in [9.17, 15) is 19.1 Å². The fraction of sp³-hybridized carbons (Fsp3) is 0.219. The third kappa shape index (κ3) is 6.71. The van der Waals surface area contributed by atoms with E-state index in [0.29, 0.717) is 39.6 Å². The van der Waals surface area contributed by atoms with Crippen molar-refractivity contribution >= 4 is 44.6 Å². The molecule has 7 nitrogen and oxygen atoms in total. The zero-order valence-corrected chi connectivity index (χ0v) is 23.5. The molecule has 40 heavy (non-hydrogen) atoms. The maximum atomic E-state index is 14.6. The molecular weight excluding hydrogens is 513 g/mol. The molecule has 0 saturated heterocycles.